The van der Waals surface area contributed by atoms with Crippen LogP contribution in [-0.2, 0) is 0 Å². The van der Waals surface area contributed by atoms with Crippen LogP contribution in [0.15, 0.2) is 18.2 Å². The minimum absolute atomic E-state index is 0.157. The molecule has 0 aliphatic heterocycles. The zero-order valence-corrected chi connectivity index (χ0v) is 10.2. The number of amides is 1. The number of rotatable bonds is 5. The van der Waals surface area contributed by atoms with Gasteiger partial charge < -0.3 is 10.0 Å². The summed E-state index contributed by atoms with van der Waals surface area (Å²) in [5.41, 5.74) is 0.157. The van der Waals surface area contributed by atoms with Gasteiger partial charge in [-0.1, -0.05) is 13.3 Å². The van der Waals surface area contributed by atoms with E-state index in [0.29, 0.717) is 13.1 Å². The van der Waals surface area contributed by atoms with E-state index in [1.165, 1.54) is 12.1 Å². The van der Waals surface area contributed by atoms with Crippen molar-refractivity contribution in [2.45, 2.75) is 26.7 Å². The average molecular weight is 239 g/mol. The van der Waals surface area contributed by atoms with Crippen molar-refractivity contribution >= 4 is 5.91 Å². The van der Waals surface area contributed by atoms with Crippen LogP contribution in [-0.4, -0.2) is 29.0 Å². The Balaban J connectivity index is 2.86. The SMILES string of the molecule is CCCCN(CC)C(=O)c1ccc(F)cc1O. The monoisotopic (exact) mass is 239 g/mol. The molecule has 4 heteroatoms. The van der Waals surface area contributed by atoms with Crippen molar-refractivity contribution in [1.29, 1.82) is 0 Å². The van der Waals surface area contributed by atoms with E-state index in [4.69, 9.17) is 0 Å². The van der Waals surface area contributed by atoms with E-state index in [0.717, 1.165) is 18.9 Å². The highest BCUT2D eigenvalue weighted by atomic mass is 19.1. The van der Waals surface area contributed by atoms with E-state index in [1.807, 2.05) is 13.8 Å². The zero-order chi connectivity index (χ0) is 12.8. The molecular weight excluding hydrogens is 221 g/mol. The Labute approximate surface area is 101 Å². The third-order valence-electron chi connectivity index (χ3n) is 2.64. The van der Waals surface area contributed by atoms with Gasteiger partial charge in [-0.3, -0.25) is 4.79 Å². The first-order valence-electron chi connectivity index (χ1n) is 5.88. The molecule has 0 fully saturated rings. The number of benzene rings is 1. The van der Waals surface area contributed by atoms with E-state index in [2.05, 4.69) is 0 Å². The van der Waals surface area contributed by atoms with Crippen LogP contribution in [0, 0.1) is 5.82 Å². The Kier molecular flexibility index (Phi) is 4.94. The molecule has 17 heavy (non-hydrogen) atoms. The van der Waals surface area contributed by atoms with Crippen molar-refractivity contribution in [3.63, 3.8) is 0 Å². The smallest absolute Gasteiger partial charge is 0.257 e. The number of hydrogen-bond acceptors (Lipinski definition) is 2. The molecule has 1 aromatic rings. The molecule has 0 unspecified atom stereocenters. The standard InChI is InChI=1S/C13H18FNO2/c1-3-5-8-15(4-2)13(17)11-7-6-10(14)9-12(11)16/h6-7,9,16H,3-5,8H2,1-2H3. The number of unbranched alkanes of at least 4 members (excludes halogenated alkanes) is 1. The number of halogens is 1. The fourth-order valence-electron chi connectivity index (χ4n) is 1.61. The van der Waals surface area contributed by atoms with Crippen LogP contribution in [0.2, 0.25) is 0 Å². The zero-order valence-electron chi connectivity index (χ0n) is 10.2. The van der Waals surface area contributed by atoms with E-state index in [1.54, 1.807) is 4.90 Å². The summed E-state index contributed by atoms with van der Waals surface area (Å²) in [7, 11) is 0. The summed E-state index contributed by atoms with van der Waals surface area (Å²) in [6.07, 6.45) is 1.92. The van der Waals surface area contributed by atoms with Gasteiger partial charge in [0.05, 0.1) is 5.56 Å². The molecule has 0 bridgehead atoms. The van der Waals surface area contributed by atoms with E-state index < -0.39 is 5.82 Å². The Hall–Kier alpha value is -1.58. The summed E-state index contributed by atoms with van der Waals surface area (Å²) in [4.78, 5) is 13.7. The lowest BCUT2D eigenvalue weighted by atomic mass is 10.1. The first-order valence-corrected chi connectivity index (χ1v) is 5.88. The second-order valence-electron chi connectivity index (χ2n) is 3.90. The molecule has 0 saturated heterocycles. The number of phenols is 1. The van der Waals surface area contributed by atoms with Crippen molar-refractivity contribution in [3.05, 3.63) is 29.6 Å². The maximum absolute atomic E-state index is 12.8. The highest BCUT2D eigenvalue weighted by Crippen LogP contribution is 2.20. The summed E-state index contributed by atoms with van der Waals surface area (Å²) in [5.74, 6) is -1.10. The topological polar surface area (TPSA) is 40.5 Å². The normalized spacial score (nSPS) is 10.3. The lowest BCUT2D eigenvalue weighted by molar-refractivity contribution is 0.0759. The fourth-order valence-corrected chi connectivity index (χ4v) is 1.61. The number of carbonyl (C=O) groups excluding carboxylic acids is 1. The lowest BCUT2D eigenvalue weighted by Gasteiger charge is -2.21. The van der Waals surface area contributed by atoms with Crippen LogP contribution >= 0.6 is 0 Å². The van der Waals surface area contributed by atoms with Crippen LogP contribution in [0.5, 0.6) is 5.75 Å². The van der Waals surface area contributed by atoms with Crippen molar-refractivity contribution in [2.75, 3.05) is 13.1 Å². The summed E-state index contributed by atoms with van der Waals surface area (Å²) < 4.78 is 12.8. The first kappa shape index (κ1) is 13.5. The van der Waals surface area contributed by atoms with Crippen LogP contribution in [0.3, 0.4) is 0 Å². The van der Waals surface area contributed by atoms with Crippen LogP contribution in [0.1, 0.15) is 37.0 Å². The van der Waals surface area contributed by atoms with E-state index in [-0.39, 0.29) is 17.2 Å². The molecule has 3 nitrogen and oxygen atoms in total. The molecule has 0 spiro atoms. The maximum Gasteiger partial charge on any atom is 0.257 e. The van der Waals surface area contributed by atoms with Gasteiger partial charge in [-0.2, -0.15) is 0 Å². The van der Waals surface area contributed by atoms with Gasteiger partial charge in [0.25, 0.3) is 5.91 Å². The number of hydrogen-bond donors (Lipinski definition) is 1. The van der Waals surface area contributed by atoms with Gasteiger partial charge in [-0.05, 0) is 25.5 Å². The Morgan fingerprint density at radius 3 is 2.65 bits per heavy atom. The molecule has 0 radical (unpaired) electrons. The highest BCUT2D eigenvalue weighted by molar-refractivity contribution is 5.96. The van der Waals surface area contributed by atoms with Crippen LogP contribution < -0.4 is 0 Å². The Morgan fingerprint density at radius 1 is 1.41 bits per heavy atom. The van der Waals surface area contributed by atoms with Crippen LogP contribution in [0.25, 0.3) is 0 Å². The molecule has 1 amide bonds. The number of carbonyl (C=O) groups is 1. The van der Waals surface area contributed by atoms with Crippen molar-refractivity contribution in [3.8, 4) is 5.75 Å². The molecule has 0 aliphatic carbocycles. The summed E-state index contributed by atoms with van der Waals surface area (Å²) in [5, 5.41) is 9.54. The molecule has 0 aromatic heterocycles. The second-order valence-corrected chi connectivity index (χ2v) is 3.90. The average Bonchev–Trinajstić information content (AvgIpc) is 2.29. The van der Waals surface area contributed by atoms with Gasteiger partial charge in [0.15, 0.2) is 0 Å². The van der Waals surface area contributed by atoms with E-state index in [9.17, 15) is 14.3 Å². The largest absolute Gasteiger partial charge is 0.507 e. The first-order chi connectivity index (χ1) is 8.10. The van der Waals surface area contributed by atoms with Gasteiger partial charge in [0.1, 0.15) is 11.6 Å². The third-order valence-corrected chi connectivity index (χ3v) is 2.64. The molecule has 0 heterocycles. The molecule has 94 valence electrons. The summed E-state index contributed by atoms with van der Waals surface area (Å²) in [6, 6.07) is 3.46. The quantitative estimate of drug-likeness (QED) is 0.858. The predicted molar refractivity (Wildman–Crippen MR) is 64.6 cm³/mol. The number of nitrogens with zero attached hydrogens (tertiary/aromatic N) is 1. The molecule has 0 aliphatic rings. The highest BCUT2D eigenvalue weighted by Gasteiger charge is 2.17. The molecular formula is C13H18FNO2. The maximum atomic E-state index is 12.8. The molecule has 1 aromatic carbocycles. The third kappa shape index (κ3) is 3.44. The minimum Gasteiger partial charge on any atom is -0.507 e. The van der Waals surface area contributed by atoms with Gasteiger partial charge in [0.2, 0.25) is 0 Å². The van der Waals surface area contributed by atoms with Crippen LogP contribution in [0.4, 0.5) is 4.39 Å². The minimum atomic E-state index is -0.546. The number of phenolic OH excluding ortho intramolecular Hbond substituents is 1. The fraction of sp³-hybridized carbons (Fsp3) is 0.462. The molecule has 1 rings (SSSR count). The Morgan fingerprint density at radius 2 is 2.12 bits per heavy atom. The number of aromatic hydroxyl groups is 1. The Bertz CT molecular complexity index is 393. The van der Waals surface area contributed by atoms with Gasteiger partial charge in [-0.25, -0.2) is 4.39 Å². The van der Waals surface area contributed by atoms with Crippen molar-refractivity contribution < 1.29 is 14.3 Å². The summed E-state index contributed by atoms with van der Waals surface area (Å²) >= 11 is 0. The molecule has 0 atom stereocenters. The van der Waals surface area contributed by atoms with Gasteiger partial charge in [0, 0.05) is 19.2 Å². The molecule has 0 saturated carbocycles. The van der Waals surface area contributed by atoms with Gasteiger partial charge in [-0.15, -0.1) is 0 Å². The van der Waals surface area contributed by atoms with Crippen molar-refractivity contribution in [2.24, 2.45) is 0 Å². The van der Waals surface area contributed by atoms with Gasteiger partial charge >= 0.3 is 0 Å². The summed E-state index contributed by atoms with van der Waals surface area (Å²) in [6.45, 7) is 5.17. The molecule has 1 N–H and O–H groups in total. The lowest BCUT2D eigenvalue weighted by Crippen LogP contribution is -2.31. The van der Waals surface area contributed by atoms with Crippen molar-refractivity contribution in [1.82, 2.24) is 4.90 Å². The predicted octanol–water partition coefficient (Wildman–Crippen LogP) is 2.79. The second kappa shape index (κ2) is 6.23. The van der Waals surface area contributed by atoms with E-state index >= 15 is 0 Å².